The van der Waals surface area contributed by atoms with Crippen molar-refractivity contribution in [3.8, 4) is 11.3 Å². The van der Waals surface area contributed by atoms with Crippen molar-refractivity contribution in [2.75, 3.05) is 0 Å². The lowest BCUT2D eigenvalue weighted by Gasteiger charge is -2.07. The number of aromatic nitrogens is 2. The normalized spacial score (nSPS) is 10.4. The Morgan fingerprint density at radius 3 is 2.62 bits per heavy atom. The van der Waals surface area contributed by atoms with Gasteiger partial charge in [0.05, 0.1) is 11.3 Å². The number of hydrogen-bond donors (Lipinski definition) is 1. The highest BCUT2D eigenvalue weighted by molar-refractivity contribution is 5.88. The van der Waals surface area contributed by atoms with E-state index in [0.717, 1.165) is 16.8 Å². The van der Waals surface area contributed by atoms with Crippen molar-refractivity contribution in [3.63, 3.8) is 0 Å². The Hall–Kier alpha value is -2.10. The van der Waals surface area contributed by atoms with Gasteiger partial charge in [0.25, 0.3) is 0 Å². The van der Waals surface area contributed by atoms with Crippen LogP contribution in [0, 0.1) is 6.92 Å². The van der Waals surface area contributed by atoms with Crippen LogP contribution in [0.15, 0.2) is 30.5 Å². The Kier molecular flexibility index (Phi) is 2.48. The third-order valence-electron chi connectivity index (χ3n) is 2.57. The Labute approximate surface area is 93.1 Å². The van der Waals surface area contributed by atoms with Gasteiger partial charge in [-0.15, -0.1) is 0 Å². The molecule has 0 unspecified atom stereocenters. The van der Waals surface area contributed by atoms with Gasteiger partial charge in [-0.05, 0) is 30.7 Å². The minimum atomic E-state index is -0.903. The molecule has 0 aliphatic heterocycles. The van der Waals surface area contributed by atoms with Crippen molar-refractivity contribution in [3.05, 3.63) is 41.6 Å². The Morgan fingerprint density at radius 1 is 1.38 bits per heavy atom. The molecule has 0 amide bonds. The van der Waals surface area contributed by atoms with Crippen LogP contribution in [0.3, 0.4) is 0 Å². The summed E-state index contributed by atoms with van der Waals surface area (Å²) in [7, 11) is 1.86. The number of hydrogen-bond acceptors (Lipinski definition) is 2. The first kappa shape index (κ1) is 10.4. The van der Waals surface area contributed by atoms with Crippen LogP contribution in [0.4, 0.5) is 0 Å². The van der Waals surface area contributed by atoms with Crippen molar-refractivity contribution in [2.24, 2.45) is 7.05 Å². The summed E-state index contributed by atoms with van der Waals surface area (Å²) >= 11 is 0. The summed E-state index contributed by atoms with van der Waals surface area (Å²) in [5.74, 6) is -0.903. The third kappa shape index (κ3) is 1.69. The highest BCUT2D eigenvalue weighted by Crippen LogP contribution is 2.23. The number of carboxylic acids is 1. The quantitative estimate of drug-likeness (QED) is 0.836. The standard InChI is InChI=1S/C12H12N2O2/c1-8-7-9(12(15)16)3-4-10(8)11-5-6-13-14(11)2/h3-7H,1-2H3,(H,15,16). The van der Waals surface area contributed by atoms with Crippen LogP contribution in [0.2, 0.25) is 0 Å². The first-order valence-electron chi connectivity index (χ1n) is 4.92. The van der Waals surface area contributed by atoms with Crippen LogP contribution in [-0.2, 0) is 7.05 Å². The molecule has 0 saturated carbocycles. The van der Waals surface area contributed by atoms with E-state index in [1.54, 1.807) is 23.0 Å². The van der Waals surface area contributed by atoms with E-state index in [1.165, 1.54) is 0 Å². The van der Waals surface area contributed by atoms with Crippen molar-refractivity contribution in [1.82, 2.24) is 9.78 Å². The van der Waals surface area contributed by atoms with Gasteiger partial charge in [0.15, 0.2) is 0 Å². The van der Waals surface area contributed by atoms with E-state index in [-0.39, 0.29) is 0 Å². The summed E-state index contributed by atoms with van der Waals surface area (Å²) in [4.78, 5) is 10.8. The maximum absolute atomic E-state index is 10.8. The zero-order chi connectivity index (χ0) is 11.7. The predicted molar refractivity (Wildman–Crippen MR) is 60.3 cm³/mol. The second-order valence-corrected chi connectivity index (χ2v) is 3.67. The molecule has 0 aliphatic rings. The van der Waals surface area contributed by atoms with Gasteiger partial charge in [0.2, 0.25) is 0 Å². The number of benzene rings is 1. The zero-order valence-corrected chi connectivity index (χ0v) is 9.14. The second-order valence-electron chi connectivity index (χ2n) is 3.67. The molecule has 82 valence electrons. The molecule has 0 aliphatic carbocycles. The van der Waals surface area contributed by atoms with Crippen LogP contribution in [0.25, 0.3) is 11.3 Å². The van der Waals surface area contributed by atoms with Gasteiger partial charge < -0.3 is 5.11 Å². The van der Waals surface area contributed by atoms with Gasteiger partial charge in [-0.25, -0.2) is 4.79 Å². The van der Waals surface area contributed by atoms with E-state index in [4.69, 9.17) is 5.11 Å². The summed E-state index contributed by atoms with van der Waals surface area (Å²) in [5.41, 5.74) is 3.23. The molecule has 0 saturated heterocycles. The SMILES string of the molecule is Cc1cc(C(=O)O)ccc1-c1ccnn1C. The Bertz CT molecular complexity index is 544. The number of rotatable bonds is 2. The molecule has 1 aromatic carbocycles. The lowest BCUT2D eigenvalue weighted by atomic mass is 10.0. The highest BCUT2D eigenvalue weighted by Gasteiger charge is 2.09. The van der Waals surface area contributed by atoms with Crippen molar-refractivity contribution < 1.29 is 9.90 Å². The van der Waals surface area contributed by atoms with Crippen LogP contribution < -0.4 is 0 Å². The van der Waals surface area contributed by atoms with Crippen LogP contribution in [-0.4, -0.2) is 20.9 Å². The number of aromatic carboxylic acids is 1. The summed E-state index contributed by atoms with van der Waals surface area (Å²) < 4.78 is 1.77. The van der Waals surface area contributed by atoms with E-state index in [1.807, 2.05) is 26.1 Å². The van der Waals surface area contributed by atoms with Crippen LogP contribution >= 0.6 is 0 Å². The number of aryl methyl sites for hydroxylation is 2. The van der Waals surface area contributed by atoms with E-state index in [2.05, 4.69) is 5.10 Å². The molecule has 0 radical (unpaired) electrons. The average molecular weight is 216 g/mol. The molecule has 1 N–H and O–H groups in total. The summed E-state index contributed by atoms with van der Waals surface area (Å²) in [6, 6.07) is 7.00. The summed E-state index contributed by atoms with van der Waals surface area (Å²) in [6.45, 7) is 1.90. The molecule has 4 heteroatoms. The maximum Gasteiger partial charge on any atom is 0.335 e. The molecule has 2 aromatic rings. The molecule has 2 rings (SSSR count). The van der Waals surface area contributed by atoms with Gasteiger partial charge in [0.1, 0.15) is 0 Å². The van der Waals surface area contributed by atoms with Gasteiger partial charge in [0, 0.05) is 18.8 Å². The monoisotopic (exact) mass is 216 g/mol. The van der Waals surface area contributed by atoms with Gasteiger partial charge in [-0.1, -0.05) is 6.07 Å². The summed E-state index contributed by atoms with van der Waals surface area (Å²) in [5, 5.41) is 13.0. The highest BCUT2D eigenvalue weighted by atomic mass is 16.4. The molecule has 0 spiro atoms. The molecule has 0 bridgehead atoms. The van der Waals surface area contributed by atoms with E-state index >= 15 is 0 Å². The Balaban J connectivity index is 2.52. The maximum atomic E-state index is 10.8. The van der Waals surface area contributed by atoms with Crippen LogP contribution in [0.5, 0.6) is 0 Å². The first-order chi connectivity index (χ1) is 7.59. The smallest absolute Gasteiger partial charge is 0.335 e. The fraction of sp³-hybridized carbons (Fsp3) is 0.167. The minimum Gasteiger partial charge on any atom is -0.478 e. The van der Waals surface area contributed by atoms with Gasteiger partial charge >= 0.3 is 5.97 Å². The molecule has 16 heavy (non-hydrogen) atoms. The topological polar surface area (TPSA) is 55.1 Å². The van der Waals surface area contributed by atoms with E-state index in [0.29, 0.717) is 5.56 Å². The van der Waals surface area contributed by atoms with E-state index < -0.39 is 5.97 Å². The first-order valence-corrected chi connectivity index (χ1v) is 4.92. The number of carbonyl (C=O) groups is 1. The van der Waals surface area contributed by atoms with Crippen LogP contribution in [0.1, 0.15) is 15.9 Å². The van der Waals surface area contributed by atoms with Crippen molar-refractivity contribution in [1.29, 1.82) is 0 Å². The largest absolute Gasteiger partial charge is 0.478 e. The molecular weight excluding hydrogens is 204 g/mol. The number of carboxylic acid groups (broad SMARTS) is 1. The number of nitrogens with zero attached hydrogens (tertiary/aromatic N) is 2. The zero-order valence-electron chi connectivity index (χ0n) is 9.14. The lowest BCUT2D eigenvalue weighted by molar-refractivity contribution is 0.0697. The van der Waals surface area contributed by atoms with Gasteiger partial charge in [-0.2, -0.15) is 5.10 Å². The molecule has 4 nitrogen and oxygen atoms in total. The fourth-order valence-corrected chi connectivity index (χ4v) is 1.72. The molecular formula is C12H12N2O2. The van der Waals surface area contributed by atoms with Gasteiger partial charge in [-0.3, -0.25) is 4.68 Å². The molecule has 1 heterocycles. The fourth-order valence-electron chi connectivity index (χ4n) is 1.72. The molecule has 0 fully saturated rings. The molecule has 1 aromatic heterocycles. The lowest BCUT2D eigenvalue weighted by Crippen LogP contribution is -1.99. The average Bonchev–Trinajstić information content (AvgIpc) is 2.64. The molecule has 0 atom stereocenters. The summed E-state index contributed by atoms with van der Waals surface area (Å²) in [6.07, 6.45) is 1.72. The third-order valence-corrected chi connectivity index (χ3v) is 2.57. The van der Waals surface area contributed by atoms with Crippen molar-refractivity contribution in [2.45, 2.75) is 6.92 Å². The predicted octanol–water partition coefficient (Wildman–Crippen LogP) is 2.09. The Morgan fingerprint density at radius 2 is 2.12 bits per heavy atom. The second kappa shape index (κ2) is 3.81. The van der Waals surface area contributed by atoms with E-state index in [9.17, 15) is 4.79 Å². The van der Waals surface area contributed by atoms with Crippen molar-refractivity contribution >= 4 is 5.97 Å². The minimum absolute atomic E-state index is 0.309.